The number of hydrogen-bond donors (Lipinski definition) is 0. The largest absolute Gasteiger partial charge is 0.462 e. The van der Waals surface area contributed by atoms with E-state index in [0.717, 1.165) is 0 Å². The normalized spacial score (nSPS) is 22.3. The van der Waals surface area contributed by atoms with Crippen LogP contribution in [0.5, 0.6) is 0 Å². The van der Waals surface area contributed by atoms with Crippen LogP contribution in [0.2, 0.25) is 0 Å². The van der Waals surface area contributed by atoms with E-state index in [0.29, 0.717) is 18.0 Å². The Morgan fingerprint density at radius 2 is 1.53 bits per heavy atom. The van der Waals surface area contributed by atoms with Crippen molar-refractivity contribution in [1.82, 2.24) is 4.90 Å². The predicted octanol–water partition coefficient (Wildman–Crippen LogP) is 2.59. The first-order chi connectivity index (χ1) is 8.00. The summed E-state index contributed by atoms with van der Waals surface area (Å²) >= 11 is 0. The van der Waals surface area contributed by atoms with Crippen LogP contribution in [0, 0.1) is 5.92 Å². The summed E-state index contributed by atoms with van der Waals surface area (Å²) < 4.78 is 5.43. The quantitative estimate of drug-likeness (QED) is 0.667. The smallest absolute Gasteiger partial charge is 0.323 e. The monoisotopic (exact) mass is 239 g/mol. The van der Waals surface area contributed by atoms with Gasteiger partial charge in [0.2, 0.25) is 0 Å². The second-order valence-corrected chi connectivity index (χ2v) is 6.08. The Morgan fingerprint density at radius 3 is 1.82 bits per heavy atom. The van der Waals surface area contributed by atoms with Crippen LogP contribution in [0.1, 0.15) is 53.4 Å². The van der Waals surface area contributed by atoms with E-state index in [1.165, 1.54) is 25.7 Å². The molecule has 0 saturated heterocycles. The van der Waals surface area contributed by atoms with Crippen LogP contribution in [-0.2, 0) is 9.53 Å². The van der Waals surface area contributed by atoms with Gasteiger partial charge in [0.1, 0.15) is 6.04 Å². The summed E-state index contributed by atoms with van der Waals surface area (Å²) in [5, 5.41) is 0. The van der Waals surface area contributed by atoms with Crippen LogP contribution in [0.4, 0.5) is 0 Å². The lowest BCUT2D eigenvalue weighted by Gasteiger charge is -2.33. The Morgan fingerprint density at radius 1 is 1.06 bits per heavy atom. The van der Waals surface area contributed by atoms with Crippen LogP contribution in [0.3, 0.4) is 0 Å². The molecular formula is C14H25NO2. The highest BCUT2D eigenvalue weighted by Gasteiger charge is 2.46. The maximum absolute atomic E-state index is 12.2. The number of hydrogen-bond acceptors (Lipinski definition) is 3. The summed E-state index contributed by atoms with van der Waals surface area (Å²) in [6.45, 7) is 8.11. The van der Waals surface area contributed by atoms with Crippen LogP contribution < -0.4 is 0 Å². The summed E-state index contributed by atoms with van der Waals surface area (Å²) in [6, 6.07) is 1.27. The van der Waals surface area contributed by atoms with Gasteiger partial charge in [0.05, 0.1) is 6.10 Å². The van der Waals surface area contributed by atoms with Crippen molar-refractivity contribution in [2.45, 2.75) is 77.6 Å². The lowest BCUT2D eigenvalue weighted by molar-refractivity contribution is -0.156. The average Bonchev–Trinajstić information content (AvgIpc) is 3.06. The molecule has 0 N–H and O–H groups in total. The van der Waals surface area contributed by atoms with Crippen molar-refractivity contribution in [3.05, 3.63) is 0 Å². The van der Waals surface area contributed by atoms with Crippen LogP contribution in [0.15, 0.2) is 0 Å². The van der Waals surface area contributed by atoms with E-state index in [9.17, 15) is 4.79 Å². The van der Waals surface area contributed by atoms with Gasteiger partial charge in [-0.25, -0.2) is 0 Å². The molecule has 3 nitrogen and oxygen atoms in total. The zero-order valence-electron chi connectivity index (χ0n) is 11.5. The fourth-order valence-corrected chi connectivity index (χ4v) is 2.54. The van der Waals surface area contributed by atoms with Gasteiger partial charge in [-0.1, -0.05) is 13.8 Å². The number of carbonyl (C=O) groups excluding carboxylic acids is 1. The number of ether oxygens (including phenoxy) is 1. The highest BCUT2D eigenvalue weighted by Crippen LogP contribution is 2.40. The van der Waals surface area contributed by atoms with Crippen molar-refractivity contribution < 1.29 is 9.53 Å². The molecule has 0 spiro atoms. The maximum atomic E-state index is 12.2. The molecule has 0 amide bonds. The molecule has 2 fully saturated rings. The lowest BCUT2D eigenvalue weighted by atomic mass is 10.0. The van der Waals surface area contributed by atoms with Crippen molar-refractivity contribution in [2.75, 3.05) is 0 Å². The van der Waals surface area contributed by atoms with Gasteiger partial charge in [-0.2, -0.15) is 0 Å². The van der Waals surface area contributed by atoms with Crippen molar-refractivity contribution in [1.29, 1.82) is 0 Å². The summed E-state index contributed by atoms with van der Waals surface area (Å²) in [4.78, 5) is 14.7. The lowest BCUT2D eigenvalue weighted by Crippen LogP contribution is -2.48. The van der Waals surface area contributed by atoms with E-state index < -0.39 is 0 Å². The van der Waals surface area contributed by atoms with Crippen molar-refractivity contribution in [2.24, 2.45) is 5.92 Å². The van der Waals surface area contributed by atoms with Crippen molar-refractivity contribution >= 4 is 5.97 Å². The van der Waals surface area contributed by atoms with Crippen LogP contribution in [-0.4, -0.2) is 35.1 Å². The minimum absolute atomic E-state index is 0.0102. The summed E-state index contributed by atoms with van der Waals surface area (Å²) in [6.07, 6.45) is 5.02. The molecule has 0 aromatic heterocycles. The fourth-order valence-electron chi connectivity index (χ4n) is 2.54. The van der Waals surface area contributed by atoms with E-state index in [1.54, 1.807) is 0 Å². The standard InChI is InChI=1S/C14H25NO2/c1-9(2)13(14(16)17-10(3)4)15(11-5-6-11)12-7-8-12/h9-13H,5-8H2,1-4H3. The van der Waals surface area contributed by atoms with Gasteiger partial charge in [-0.15, -0.1) is 0 Å². The molecule has 0 aromatic carbocycles. The second-order valence-electron chi connectivity index (χ2n) is 6.08. The minimum Gasteiger partial charge on any atom is -0.462 e. The summed E-state index contributed by atoms with van der Waals surface area (Å²) in [5.41, 5.74) is 0. The number of esters is 1. The molecule has 2 aliphatic rings. The van der Waals surface area contributed by atoms with E-state index in [4.69, 9.17) is 4.74 Å². The van der Waals surface area contributed by atoms with Gasteiger partial charge < -0.3 is 4.74 Å². The molecule has 0 radical (unpaired) electrons. The topological polar surface area (TPSA) is 29.5 Å². The van der Waals surface area contributed by atoms with Gasteiger partial charge >= 0.3 is 5.97 Å². The molecule has 1 atom stereocenters. The average molecular weight is 239 g/mol. The summed E-state index contributed by atoms with van der Waals surface area (Å²) in [7, 11) is 0. The van der Waals surface area contributed by atoms with Crippen molar-refractivity contribution in [3.63, 3.8) is 0 Å². The molecule has 98 valence electrons. The maximum Gasteiger partial charge on any atom is 0.323 e. The first kappa shape index (κ1) is 12.9. The zero-order valence-corrected chi connectivity index (χ0v) is 11.5. The predicted molar refractivity (Wildman–Crippen MR) is 67.7 cm³/mol. The van der Waals surface area contributed by atoms with Gasteiger partial charge in [-0.3, -0.25) is 9.69 Å². The van der Waals surface area contributed by atoms with Gasteiger partial charge in [0.15, 0.2) is 0 Å². The third-order valence-corrected chi connectivity index (χ3v) is 3.48. The Labute approximate surface area is 105 Å². The third-order valence-electron chi connectivity index (χ3n) is 3.48. The number of rotatable bonds is 6. The zero-order chi connectivity index (χ0) is 12.6. The molecule has 1 unspecified atom stereocenters. The van der Waals surface area contributed by atoms with Gasteiger partial charge in [0, 0.05) is 12.1 Å². The molecule has 0 heterocycles. The van der Waals surface area contributed by atoms with Crippen LogP contribution >= 0.6 is 0 Å². The van der Waals surface area contributed by atoms with E-state index in [2.05, 4.69) is 18.7 Å². The Balaban J connectivity index is 2.06. The van der Waals surface area contributed by atoms with E-state index in [1.807, 2.05) is 13.8 Å². The molecule has 0 aliphatic heterocycles. The Hall–Kier alpha value is -0.570. The third kappa shape index (κ3) is 3.21. The van der Waals surface area contributed by atoms with Crippen molar-refractivity contribution in [3.8, 4) is 0 Å². The first-order valence-corrected chi connectivity index (χ1v) is 6.98. The number of nitrogens with zero attached hydrogens (tertiary/aromatic N) is 1. The highest BCUT2D eigenvalue weighted by molar-refractivity contribution is 5.76. The molecule has 2 aliphatic carbocycles. The second kappa shape index (κ2) is 4.97. The molecule has 0 aromatic rings. The molecular weight excluding hydrogens is 214 g/mol. The van der Waals surface area contributed by atoms with Gasteiger partial charge in [-0.05, 0) is 45.4 Å². The SMILES string of the molecule is CC(C)OC(=O)C(C(C)C)N(C1CC1)C1CC1. The fraction of sp³-hybridized carbons (Fsp3) is 0.929. The van der Waals surface area contributed by atoms with Gasteiger partial charge in [0.25, 0.3) is 0 Å². The Kier molecular flexibility index (Phi) is 3.76. The first-order valence-electron chi connectivity index (χ1n) is 6.98. The van der Waals surface area contributed by atoms with E-state index >= 15 is 0 Å². The number of carbonyl (C=O) groups is 1. The molecule has 2 saturated carbocycles. The molecule has 2 rings (SSSR count). The summed E-state index contributed by atoms with van der Waals surface area (Å²) in [5.74, 6) is 0.316. The highest BCUT2D eigenvalue weighted by atomic mass is 16.5. The molecule has 3 heteroatoms. The minimum atomic E-state index is -0.0302. The molecule has 0 bridgehead atoms. The van der Waals surface area contributed by atoms with E-state index in [-0.39, 0.29) is 18.1 Å². The Bertz CT molecular complexity index is 268. The molecule has 17 heavy (non-hydrogen) atoms. The van der Waals surface area contributed by atoms with Crippen LogP contribution in [0.25, 0.3) is 0 Å².